The first-order valence-corrected chi connectivity index (χ1v) is 8.79. The van der Waals surface area contributed by atoms with Gasteiger partial charge in [0.1, 0.15) is 0 Å². The van der Waals surface area contributed by atoms with Gasteiger partial charge in [0.2, 0.25) is 0 Å². The van der Waals surface area contributed by atoms with E-state index in [-0.39, 0.29) is 5.54 Å². The molecule has 0 saturated heterocycles. The fraction of sp³-hybridized carbons (Fsp3) is 1.00. The molecule has 0 atom stereocenters. The van der Waals surface area contributed by atoms with Gasteiger partial charge in [-0.2, -0.15) is 0 Å². The summed E-state index contributed by atoms with van der Waals surface area (Å²) in [6.45, 7) is 12.7. The fourth-order valence-electron chi connectivity index (χ4n) is 4.15. The SMILES string of the molecule is CCC(CC)N(C)C1(CN)CCC(C(C)(C)CC)CC1. The van der Waals surface area contributed by atoms with Crippen LogP contribution in [-0.2, 0) is 0 Å². The van der Waals surface area contributed by atoms with Crippen molar-refractivity contribution >= 4 is 0 Å². The minimum absolute atomic E-state index is 0.261. The second-order valence-corrected chi connectivity index (χ2v) is 7.63. The normalized spacial score (nSPS) is 28.4. The highest BCUT2D eigenvalue weighted by Crippen LogP contribution is 2.45. The molecule has 0 aromatic carbocycles. The van der Waals surface area contributed by atoms with Gasteiger partial charge < -0.3 is 5.73 Å². The molecule has 0 heterocycles. The molecule has 1 fully saturated rings. The zero-order chi connectivity index (χ0) is 15.4. The van der Waals surface area contributed by atoms with Crippen LogP contribution in [0.2, 0.25) is 0 Å². The van der Waals surface area contributed by atoms with Crippen LogP contribution in [0.3, 0.4) is 0 Å². The molecule has 0 aliphatic heterocycles. The van der Waals surface area contributed by atoms with Gasteiger partial charge in [-0.05, 0) is 56.9 Å². The van der Waals surface area contributed by atoms with E-state index >= 15 is 0 Å². The molecule has 0 amide bonds. The van der Waals surface area contributed by atoms with E-state index in [4.69, 9.17) is 5.73 Å². The van der Waals surface area contributed by atoms with Gasteiger partial charge in [0.25, 0.3) is 0 Å². The highest BCUT2D eigenvalue weighted by molar-refractivity contribution is 4.98. The summed E-state index contributed by atoms with van der Waals surface area (Å²) in [5.41, 5.74) is 6.99. The maximum atomic E-state index is 6.23. The monoisotopic (exact) mass is 282 g/mol. The van der Waals surface area contributed by atoms with Crippen molar-refractivity contribution in [3.63, 3.8) is 0 Å². The van der Waals surface area contributed by atoms with E-state index in [2.05, 4.69) is 46.6 Å². The lowest BCUT2D eigenvalue weighted by Gasteiger charge is -2.51. The largest absolute Gasteiger partial charge is 0.329 e. The number of hydrogen-bond donors (Lipinski definition) is 1. The van der Waals surface area contributed by atoms with Crippen molar-refractivity contribution in [3.05, 3.63) is 0 Å². The van der Waals surface area contributed by atoms with Crippen LogP contribution in [0, 0.1) is 11.3 Å². The van der Waals surface area contributed by atoms with Crippen molar-refractivity contribution in [2.45, 2.75) is 91.1 Å². The molecule has 1 aliphatic rings. The molecule has 1 aliphatic carbocycles. The van der Waals surface area contributed by atoms with E-state index in [1.54, 1.807) is 0 Å². The Balaban J connectivity index is 2.76. The first kappa shape index (κ1) is 18.0. The molecule has 1 rings (SSSR count). The lowest BCUT2D eigenvalue weighted by atomic mass is 9.65. The number of likely N-dealkylation sites (N-methyl/N-ethyl adjacent to an activating group) is 1. The average Bonchev–Trinajstić information content (AvgIpc) is 2.48. The molecule has 0 aromatic heterocycles. The zero-order valence-corrected chi connectivity index (χ0v) is 14.8. The maximum Gasteiger partial charge on any atom is 0.0331 e. The number of nitrogens with zero attached hydrogens (tertiary/aromatic N) is 1. The van der Waals surface area contributed by atoms with Gasteiger partial charge >= 0.3 is 0 Å². The van der Waals surface area contributed by atoms with E-state index in [1.807, 2.05) is 0 Å². The van der Waals surface area contributed by atoms with E-state index in [0.29, 0.717) is 11.5 Å². The number of hydrogen-bond acceptors (Lipinski definition) is 2. The molecular formula is C18H38N2. The standard InChI is InChI=1S/C18H38N2/c1-7-16(8-2)20(6)18(14-19)12-10-15(11-13-18)17(4,5)9-3/h15-16H,7-14,19H2,1-6H3. The Kier molecular flexibility index (Phi) is 6.53. The Hall–Kier alpha value is -0.0800. The molecule has 120 valence electrons. The third-order valence-corrected chi connectivity index (χ3v) is 6.55. The average molecular weight is 283 g/mol. The third-order valence-electron chi connectivity index (χ3n) is 6.55. The third kappa shape index (κ3) is 3.57. The Morgan fingerprint density at radius 3 is 2.00 bits per heavy atom. The summed E-state index contributed by atoms with van der Waals surface area (Å²) in [7, 11) is 2.32. The maximum absolute atomic E-state index is 6.23. The van der Waals surface area contributed by atoms with Crippen LogP contribution in [0.1, 0.15) is 79.6 Å². The predicted molar refractivity (Wildman–Crippen MR) is 89.9 cm³/mol. The molecular weight excluding hydrogens is 244 g/mol. The zero-order valence-electron chi connectivity index (χ0n) is 14.8. The van der Waals surface area contributed by atoms with Gasteiger partial charge in [-0.15, -0.1) is 0 Å². The first-order valence-electron chi connectivity index (χ1n) is 8.79. The minimum atomic E-state index is 0.261. The van der Waals surface area contributed by atoms with Gasteiger partial charge in [0, 0.05) is 18.1 Å². The van der Waals surface area contributed by atoms with E-state index in [1.165, 1.54) is 44.9 Å². The van der Waals surface area contributed by atoms with Crippen LogP contribution < -0.4 is 5.73 Å². The molecule has 0 bridgehead atoms. The second kappa shape index (κ2) is 7.26. The summed E-state index contributed by atoms with van der Waals surface area (Å²) in [5.74, 6) is 0.877. The van der Waals surface area contributed by atoms with Crippen molar-refractivity contribution in [1.82, 2.24) is 4.90 Å². The van der Waals surface area contributed by atoms with Crippen LogP contribution in [0.25, 0.3) is 0 Å². The molecule has 1 saturated carbocycles. The summed E-state index contributed by atoms with van der Waals surface area (Å²) < 4.78 is 0. The van der Waals surface area contributed by atoms with Gasteiger partial charge in [-0.1, -0.05) is 41.0 Å². The summed E-state index contributed by atoms with van der Waals surface area (Å²) in [5, 5.41) is 0. The summed E-state index contributed by atoms with van der Waals surface area (Å²) in [4.78, 5) is 2.63. The number of rotatable bonds is 7. The molecule has 2 heteroatoms. The van der Waals surface area contributed by atoms with E-state index in [0.717, 1.165) is 12.5 Å². The summed E-state index contributed by atoms with van der Waals surface area (Å²) in [6.07, 6.45) is 9.02. The summed E-state index contributed by atoms with van der Waals surface area (Å²) >= 11 is 0. The van der Waals surface area contributed by atoms with Crippen LogP contribution in [0.5, 0.6) is 0 Å². The Morgan fingerprint density at radius 2 is 1.65 bits per heavy atom. The lowest BCUT2D eigenvalue weighted by Crippen LogP contribution is -2.58. The molecule has 0 aromatic rings. The molecule has 0 spiro atoms. The van der Waals surface area contributed by atoms with Crippen LogP contribution >= 0.6 is 0 Å². The van der Waals surface area contributed by atoms with Crippen molar-refractivity contribution in [2.75, 3.05) is 13.6 Å². The van der Waals surface area contributed by atoms with Crippen LogP contribution in [0.4, 0.5) is 0 Å². The topological polar surface area (TPSA) is 29.3 Å². The quantitative estimate of drug-likeness (QED) is 0.748. The minimum Gasteiger partial charge on any atom is -0.329 e. The highest BCUT2D eigenvalue weighted by atomic mass is 15.2. The predicted octanol–water partition coefficient (Wildman–Crippen LogP) is 4.43. The second-order valence-electron chi connectivity index (χ2n) is 7.63. The van der Waals surface area contributed by atoms with Crippen molar-refractivity contribution in [3.8, 4) is 0 Å². The van der Waals surface area contributed by atoms with Crippen molar-refractivity contribution in [1.29, 1.82) is 0 Å². The molecule has 20 heavy (non-hydrogen) atoms. The van der Waals surface area contributed by atoms with Crippen LogP contribution in [-0.4, -0.2) is 30.1 Å². The lowest BCUT2D eigenvalue weighted by molar-refractivity contribution is 0.00539. The highest BCUT2D eigenvalue weighted by Gasteiger charge is 2.42. The van der Waals surface area contributed by atoms with E-state index < -0.39 is 0 Å². The summed E-state index contributed by atoms with van der Waals surface area (Å²) in [6, 6.07) is 0.689. The smallest absolute Gasteiger partial charge is 0.0331 e. The van der Waals surface area contributed by atoms with Gasteiger partial charge in [0.05, 0.1) is 0 Å². The van der Waals surface area contributed by atoms with Gasteiger partial charge in [-0.3, -0.25) is 4.90 Å². The van der Waals surface area contributed by atoms with E-state index in [9.17, 15) is 0 Å². The fourth-order valence-corrected chi connectivity index (χ4v) is 4.15. The Morgan fingerprint density at radius 1 is 1.15 bits per heavy atom. The molecule has 2 N–H and O–H groups in total. The first-order chi connectivity index (χ1) is 9.36. The van der Waals surface area contributed by atoms with Gasteiger partial charge in [0.15, 0.2) is 0 Å². The van der Waals surface area contributed by atoms with Crippen molar-refractivity contribution < 1.29 is 0 Å². The Bertz CT molecular complexity index is 273. The van der Waals surface area contributed by atoms with Crippen LogP contribution in [0.15, 0.2) is 0 Å². The Labute approximate surface area is 127 Å². The number of nitrogens with two attached hydrogens (primary N) is 1. The molecule has 0 unspecified atom stereocenters. The van der Waals surface area contributed by atoms with Crippen molar-refractivity contribution in [2.24, 2.45) is 17.1 Å². The molecule has 0 radical (unpaired) electrons. The van der Waals surface area contributed by atoms with Gasteiger partial charge in [-0.25, -0.2) is 0 Å². The molecule has 2 nitrogen and oxygen atoms in total.